The van der Waals surface area contributed by atoms with Gasteiger partial charge in [0.05, 0.1) is 7.11 Å². The van der Waals surface area contributed by atoms with Gasteiger partial charge in [-0.3, -0.25) is 0 Å². The smallest absolute Gasteiger partial charge is 0.173 e. The molecule has 0 aromatic heterocycles. The van der Waals surface area contributed by atoms with Crippen LogP contribution in [0.2, 0.25) is 0 Å². The lowest BCUT2D eigenvalue weighted by Crippen LogP contribution is -2.30. The molecule has 0 heterocycles. The second-order valence-corrected chi connectivity index (χ2v) is 5.57. The average molecular weight is 314 g/mol. The summed E-state index contributed by atoms with van der Waals surface area (Å²) in [5, 5.41) is 4.00. The van der Waals surface area contributed by atoms with E-state index in [1.807, 2.05) is 36.2 Å². The summed E-state index contributed by atoms with van der Waals surface area (Å²) in [6.45, 7) is 2.90. The summed E-state index contributed by atoms with van der Waals surface area (Å²) in [5.41, 5.74) is 3.52. The summed E-state index contributed by atoms with van der Waals surface area (Å²) >= 11 is 5.48. The van der Waals surface area contributed by atoms with Gasteiger partial charge in [0.2, 0.25) is 0 Å². The van der Waals surface area contributed by atoms with Crippen LogP contribution >= 0.6 is 12.2 Å². The maximum atomic E-state index is 5.48. The van der Waals surface area contributed by atoms with Gasteiger partial charge < -0.3 is 15.0 Å². The molecule has 2 rings (SSSR count). The monoisotopic (exact) mass is 314 g/mol. The lowest BCUT2D eigenvalue weighted by molar-refractivity contribution is 0.414. The van der Waals surface area contributed by atoms with Gasteiger partial charge in [0.15, 0.2) is 5.11 Å². The molecule has 22 heavy (non-hydrogen) atoms. The van der Waals surface area contributed by atoms with Crippen molar-refractivity contribution in [1.29, 1.82) is 0 Å². The van der Waals surface area contributed by atoms with Gasteiger partial charge in [-0.05, 0) is 54.0 Å². The highest BCUT2D eigenvalue weighted by Gasteiger charge is 2.06. The molecule has 0 saturated heterocycles. The lowest BCUT2D eigenvalue weighted by atomic mass is 10.1. The van der Waals surface area contributed by atoms with Crippen LogP contribution in [0.1, 0.15) is 18.1 Å². The number of nitrogens with one attached hydrogen (secondary N) is 1. The minimum atomic E-state index is 0.712. The minimum absolute atomic E-state index is 0.712. The average Bonchev–Trinajstić information content (AvgIpc) is 2.55. The highest BCUT2D eigenvalue weighted by molar-refractivity contribution is 7.80. The van der Waals surface area contributed by atoms with E-state index in [4.69, 9.17) is 17.0 Å². The molecular weight excluding hydrogens is 292 g/mol. The Morgan fingerprint density at radius 1 is 1.14 bits per heavy atom. The van der Waals surface area contributed by atoms with Crippen molar-refractivity contribution in [3.05, 3.63) is 59.7 Å². The summed E-state index contributed by atoms with van der Waals surface area (Å²) in [4.78, 5) is 2.02. The quantitative estimate of drug-likeness (QED) is 0.840. The molecule has 0 fully saturated rings. The first-order chi connectivity index (χ1) is 10.6. The molecule has 0 amide bonds. The van der Waals surface area contributed by atoms with Crippen molar-refractivity contribution in [3.8, 4) is 5.75 Å². The Labute approximate surface area is 137 Å². The lowest BCUT2D eigenvalue weighted by Gasteiger charge is -2.21. The van der Waals surface area contributed by atoms with E-state index < -0.39 is 0 Å². The van der Waals surface area contributed by atoms with E-state index in [0.29, 0.717) is 5.11 Å². The van der Waals surface area contributed by atoms with Crippen molar-refractivity contribution >= 4 is 23.0 Å². The summed E-state index contributed by atoms with van der Waals surface area (Å²) < 4.78 is 5.17. The molecule has 2 aromatic rings. The van der Waals surface area contributed by atoms with Crippen LogP contribution in [0.3, 0.4) is 0 Å². The number of aryl methyl sites for hydroxylation is 1. The van der Waals surface area contributed by atoms with Crippen LogP contribution in [0.15, 0.2) is 48.5 Å². The summed E-state index contributed by atoms with van der Waals surface area (Å²) in [6, 6.07) is 16.4. The van der Waals surface area contributed by atoms with Gasteiger partial charge in [-0.25, -0.2) is 0 Å². The summed E-state index contributed by atoms with van der Waals surface area (Å²) in [5.74, 6) is 0.864. The van der Waals surface area contributed by atoms with Crippen LogP contribution in [0.4, 0.5) is 5.69 Å². The SMILES string of the molecule is CCc1cccc(NC(=S)N(C)Cc2ccc(OC)cc2)c1. The zero-order valence-corrected chi connectivity index (χ0v) is 14.1. The van der Waals surface area contributed by atoms with E-state index in [-0.39, 0.29) is 0 Å². The molecule has 116 valence electrons. The molecule has 0 aliphatic rings. The van der Waals surface area contributed by atoms with Gasteiger partial charge in [-0.15, -0.1) is 0 Å². The molecular formula is C18H22N2OS. The zero-order valence-electron chi connectivity index (χ0n) is 13.3. The van der Waals surface area contributed by atoms with E-state index in [0.717, 1.165) is 24.4 Å². The van der Waals surface area contributed by atoms with Crippen LogP contribution in [-0.4, -0.2) is 24.2 Å². The third-order valence-electron chi connectivity index (χ3n) is 3.51. The number of hydrogen-bond acceptors (Lipinski definition) is 2. The molecule has 0 unspecified atom stereocenters. The van der Waals surface area contributed by atoms with Crippen LogP contribution in [0, 0.1) is 0 Å². The normalized spacial score (nSPS) is 10.1. The maximum Gasteiger partial charge on any atom is 0.173 e. The first-order valence-corrected chi connectivity index (χ1v) is 7.77. The topological polar surface area (TPSA) is 24.5 Å². The maximum absolute atomic E-state index is 5.48. The highest BCUT2D eigenvalue weighted by atomic mass is 32.1. The van der Waals surface area contributed by atoms with Gasteiger partial charge in [0, 0.05) is 19.3 Å². The van der Waals surface area contributed by atoms with Gasteiger partial charge >= 0.3 is 0 Å². The van der Waals surface area contributed by atoms with Gasteiger partial charge in [0.25, 0.3) is 0 Å². The molecule has 0 spiro atoms. The van der Waals surface area contributed by atoms with Gasteiger partial charge in [0.1, 0.15) is 5.75 Å². The number of anilines is 1. The van der Waals surface area contributed by atoms with Gasteiger partial charge in [-0.1, -0.05) is 31.2 Å². The van der Waals surface area contributed by atoms with Crippen LogP contribution < -0.4 is 10.1 Å². The second kappa shape index (κ2) is 7.80. The minimum Gasteiger partial charge on any atom is -0.497 e. The van der Waals surface area contributed by atoms with Crippen LogP contribution in [0.25, 0.3) is 0 Å². The fourth-order valence-corrected chi connectivity index (χ4v) is 2.35. The molecule has 0 bridgehead atoms. The number of rotatable bonds is 5. The fourth-order valence-electron chi connectivity index (χ4n) is 2.16. The molecule has 2 aromatic carbocycles. The Balaban J connectivity index is 1.96. The Kier molecular flexibility index (Phi) is 5.78. The first-order valence-electron chi connectivity index (χ1n) is 7.36. The number of thiocarbonyl (C=S) groups is 1. The van der Waals surface area contributed by atoms with Crippen molar-refractivity contribution in [1.82, 2.24) is 4.90 Å². The molecule has 0 atom stereocenters. The molecule has 0 saturated carbocycles. The number of ether oxygens (including phenoxy) is 1. The molecule has 4 heteroatoms. The standard InChI is InChI=1S/C18H22N2OS/c1-4-14-6-5-7-16(12-14)19-18(22)20(2)13-15-8-10-17(21-3)11-9-15/h5-12H,4,13H2,1-3H3,(H,19,22). The summed E-state index contributed by atoms with van der Waals surface area (Å²) in [7, 11) is 3.66. The highest BCUT2D eigenvalue weighted by Crippen LogP contribution is 2.14. The van der Waals surface area contributed by atoms with Crippen molar-refractivity contribution in [3.63, 3.8) is 0 Å². The van der Waals surface area contributed by atoms with E-state index in [1.54, 1.807) is 7.11 Å². The van der Waals surface area contributed by atoms with Gasteiger partial charge in [-0.2, -0.15) is 0 Å². The number of nitrogens with zero attached hydrogens (tertiary/aromatic N) is 1. The number of benzene rings is 2. The Hall–Kier alpha value is -2.07. The molecule has 0 aliphatic carbocycles. The third-order valence-corrected chi connectivity index (χ3v) is 3.93. The molecule has 0 radical (unpaired) electrons. The molecule has 3 nitrogen and oxygen atoms in total. The first kappa shape index (κ1) is 16.3. The van der Waals surface area contributed by atoms with E-state index in [2.05, 4.69) is 36.5 Å². The van der Waals surface area contributed by atoms with Crippen LogP contribution in [0.5, 0.6) is 5.75 Å². The van der Waals surface area contributed by atoms with E-state index in [1.165, 1.54) is 11.1 Å². The largest absolute Gasteiger partial charge is 0.497 e. The van der Waals surface area contributed by atoms with Crippen molar-refractivity contribution in [2.24, 2.45) is 0 Å². The van der Waals surface area contributed by atoms with Crippen molar-refractivity contribution in [2.45, 2.75) is 19.9 Å². The Morgan fingerprint density at radius 3 is 2.50 bits per heavy atom. The van der Waals surface area contributed by atoms with E-state index in [9.17, 15) is 0 Å². The Bertz CT molecular complexity index is 625. The number of methoxy groups -OCH3 is 1. The second-order valence-electron chi connectivity index (χ2n) is 5.19. The predicted octanol–water partition coefficient (Wildman–Crippen LogP) is 4.09. The van der Waals surface area contributed by atoms with E-state index >= 15 is 0 Å². The predicted molar refractivity (Wildman–Crippen MR) is 96.5 cm³/mol. The molecule has 0 aliphatic heterocycles. The van der Waals surface area contributed by atoms with Crippen molar-refractivity contribution in [2.75, 3.05) is 19.5 Å². The number of hydrogen-bond donors (Lipinski definition) is 1. The third kappa shape index (κ3) is 4.46. The Morgan fingerprint density at radius 2 is 1.86 bits per heavy atom. The molecule has 1 N–H and O–H groups in total. The zero-order chi connectivity index (χ0) is 15.9. The van der Waals surface area contributed by atoms with Crippen LogP contribution in [-0.2, 0) is 13.0 Å². The summed E-state index contributed by atoms with van der Waals surface area (Å²) in [6.07, 6.45) is 1.02. The fraction of sp³-hybridized carbons (Fsp3) is 0.278. The van der Waals surface area contributed by atoms with Crippen molar-refractivity contribution < 1.29 is 4.74 Å².